The number of fused-ring (bicyclic) bond motifs is 3. The van der Waals surface area contributed by atoms with Gasteiger partial charge in [0.05, 0.1) is 6.10 Å². The molecule has 3 rings (SSSR count). The Morgan fingerprint density at radius 2 is 1.85 bits per heavy atom. The number of hydrogen-bond acceptors (Lipinski definition) is 5. The molecule has 3 heterocycles. The second kappa shape index (κ2) is 6.73. The molecular formula is C7H13N2NaO3. The Kier molecular flexibility index (Phi) is 6.89. The average molecular weight is 196 g/mol. The van der Waals surface area contributed by atoms with Crippen LogP contribution in [-0.2, 0) is 0 Å². The third kappa shape index (κ3) is 3.91. The Morgan fingerprint density at radius 1 is 1.38 bits per heavy atom. The smallest absolute Gasteiger partial charge is 0.444 e. The third-order valence-corrected chi connectivity index (χ3v) is 2.62. The summed E-state index contributed by atoms with van der Waals surface area (Å²) in [4.78, 5) is 10.4. The predicted octanol–water partition coefficient (Wildman–Crippen LogP) is -2.67. The Morgan fingerprint density at radius 3 is 2.00 bits per heavy atom. The number of aliphatic hydroxyl groups is 1. The molecule has 3 saturated heterocycles. The van der Waals surface area contributed by atoms with Gasteiger partial charge in [-0.2, -0.15) is 0 Å². The predicted molar refractivity (Wildman–Crippen MR) is 44.3 cm³/mol. The fraction of sp³-hybridized carbons (Fsp3) is 1.00. The zero-order valence-corrected chi connectivity index (χ0v) is 9.85. The van der Waals surface area contributed by atoms with Crippen LogP contribution >= 0.6 is 0 Å². The van der Waals surface area contributed by atoms with Gasteiger partial charge < -0.3 is 20.1 Å². The average Bonchev–Trinajstić information content (AvgIpc) is 2.07. The molecule has 70 valence electrons. The SMILES string of the molecule is O=N[O-].OC1CN2CCC1CC2.[Na+]. The van der Waals surface area contributed by atoms with E-state index in [1.807, 2.05) is 0 Å². The summed E-state index contributed by atoms with van der Waals surface area (Å²) in [5, 5.41) is 18.4. The molecule has 2 bridgehead atoms. The molecule has 13 heavy (non-hydrogen) atoms. The third-order valence-electron chi connectivity index (χ3n) is 2.62. The quantitative estimate of drug-likeness (QED) is 0.260. The summed E-state index contributed by atoms with van der Waals surface area (Å²) < 4.78 is 0. The van der Waals surface area contributed by atoms with Crippen LogP contribution in [0.15, 0.2) is 5.34 Å². The van der Waals surface area contributed by atoms with Crippen LogP contribution in [0, 0.1) is 16.0 Å². The first-order valence-electron chi connectivity index (χ1n) is 4.13. The van der Waals surface area contributed by atoms with E-state index in [-0.39, 0.29) is 35.7 Å². The van der Waals surface area contributed by atoms with Gasteiger partial charge in [-0.3, -0.25) is 0 Å². The second-order valence-corrected chi connectivity index (χ2v) is 3.28. The van der Waals surface area contributed by atoms with E-state index in [9.17, 15) is 5.11 Å². The molecule has 0 saturated carbocycles. The van der Waals surface area contributed by atoms with Gasteiger partial charge >= 0.3 is 29.6 Å². The van der Waals surface area contributed by atoms with Crippen molar-refractivity contribution in [2.75, 3.05) is 19.6 Å². The van der Waals surface area contributed by atoms with E-state index in [2.05, 4.69) is 4.90 Å². The Hall–Kier alpha value is 0.320. The van der Waals surface area contributed by atoms with E-state index in [4.69, 9.17) is 10.1 Å². The monoisotopic (exact) mass is 196 g/mol. The molecule has 0 spiro atoms. The molecule has 0 aromatic heterocycles. The minimum atomic E-state index is -0.00694. The summed E-state index contributed by atoms with van der Waals surface area (Å²) in [7, 11) is 0. The fourth-order valence-electron chi connectivity index (χ4n) is 1.93. The first-order valence-corrected chi connectivity index (χ1v) is 4.13. The number of aliphatic hydroxyl groups excluding tert-OH is 1. The number of hydrogen-bond donors (Lipinski definition) is 1. The topological polar surface area (TPSA) is 76.0 Å². The van der Waals surface area contributed by atoms with Crippen LogP contribution in [0.25, 0.3) is 0 Å². The van der Waals surface area contributed by atoms with Crippen molar-refractivity contribution in [2.45, 2.75) is 18.9 Å². The minimum absolute atomic E-state index is 0. The van der Waals surface area contributed by atoms with Gasteiger partial charge in [-0.25, -0.2) is 0 Å². The molecule has 0 aliphatic carbocycles. The van der Waals surface area contributed by atoms with Crippen LogP contribution in [0.3, 0.4) is 0 Å². The maximum Gasteiger partial charge on any atom is 1.00 e. The van der Waals surface area contributed by atoms with E-state index in [0.717, 1.165) is 11.9 Å². The number of nitrogens with zero attached hydrogens (tertiary/aromatic N) is 2. The summed E-state index contributed by atoms with van der Waals surface area (Å²) in [5.74, 6) is 0.634. The molecular weight excluding hydrogens is 183 g/mol. The van der Waals surface area contributed by atoms with Crippen LogP contribution in [0.5, 0.6) is 0 Å². The summed E-state index contributed by atoms with van der Waals surface area (Å²) in [5.41, 5.74) is 0. The van der Waals surface area contributed by atoms with Crippen molar-refractivity contribution < 1.29 is 34.7 Å². The van der Waals surface area contributed by atoms with Gasteiger partial charge in [-0.15, -0.1) is 5.34 Å². The van der Waals surface area contributed by atoms with Gasteiger partial charge in [0.2, 0.25) is 0 Å². The summed E-state index contributed by atoms with van der Waals surface area (Å²) in [6.07, 6.45) is 2.44. The van der Waals surface area contributed by atoms with E-state index < -0.39 is 0 Å². The van der Waals surface area contributed by atoms with Crippen molar-refractivity contribution in [1.82, 2.24) is 4.90 Å². The summed E-state index contributed by atoms with van der Waals surface area (Å²) in [6, 6.07) is 0. The normalized spacial score (nSPS) is 35.3. The van der Waals surface area contributed by atoms with Crippen molar-refractivity contribution in [2.24, 2.45) is 11.3 Å². The van der Waals surface area contributed by atoms with Crippen molar-refractivity contribution in [3.63, 3.8) is 0 Å². The summed E-state index contributed by atoms with van der Waals surface area (Å²) >= 11 is 0. The Labute approximate surface area is 99.3 Å². The molecule has 1 unspecified atom stereocenters. The first kappa shape index (κ1) is 13.3. The van der Waals surface area contributed by atoms with Crippen molar-refractivity contribution >= 4 is 0 Å². The van der Waals surface area contributed by atoms with E-state index in [0.29, 0.717) is 5.92 Å². The van der Waals surface area contributed by atoms with E-state index in [1.54, 1.807) is 0 Å². The van der Waals surface area contributed by atoms with Gasteiger partial charge in [0.1, 0.15) is 0 Å². The molecule has 3 aliphatic heterocycles. The number of rotatable bonds is 0. The largest absolute Gasteiger partial charge is 1.00 e. The minimum Gasteiger partial charge on any atom is -0.444 e. The molecule has 6 heteroatoms. The maximum atomic E-state index is 9.36. The molecule has 3 aliphatic rings. The summed E-state index contributed by atoms with van der Waals surface area (Å²) in [6.45, 7) is 3.38. The van der Waals surface area contributed by atoms with Crippen molar-refractivity contribution in [1.29, 1.82) is 0 Å². The molecule has 0 aromatic rings. The molecule has 1 atom stereocenters. The molecule has 0 radical (unpaired) electrons. The Bertz CT molecular complexity index is 151. The van der Waals surface area contributed by atoms with Crippen molar-refractivity contribution in [3.8, 4) is 0 Å². The van der Waals surface area contributed by atoms with Crippen LogP contribution in [0.4, 0.5) is 0 Å². The molecule has 5 nitrogen and oxygen atoms in total. The number of piperidine rings is 3. The van der Waals surface area contributed by atoms with E-state index >= 15 is 0 Å². The molecule has 1 N–H and O–H groups in total. The molecule has 3 fully saturated rings. The van der Waals surface area contributed by atoms with Gasteiger partial charge in [-0.1, -0.05) is 0 Å². The fourth-order valence-corrected chi connectivity index (χ4v) is 1.93. The van der Waals surface area contributed by atoms with Gasteiger partial charge in [0, 0.05) is 6.54 Å². The van der Waals surface area contributed by atoms with Crippen molar-refractivity contribution in [3.05, 3.63) is 10.1 Å². The second-order valence-electron chi connectivity index (χ2n) is 3.28. The maximum absolute atomic E-state index is 9.36. The Balaban J connectivity index is 0.000000324. The first-order chi connectivity index (χ1) is 5.77. The van der Waals surface area contributed by atoms with Gasteiger partial charge in [0.15, 0.2) is 0 Å². The zero-order chi connectivity index (χ0) is 8.97. The standard InChI is InChI=1S/C7H13NO.HNO2.Na/c9-7-5-8-3-1-6(7)2-4-8;2-1-3;/h6-7,9H,1-5H2;(H,2,3);/q;;+1/p-1. The van der Waals surface area contributed by atoms with Crippen LogP contribution in [0.2, 0.25) is 0 Å². The van der Waals surface area contributed by atoms with E-state index in [1.165, 1.54) is 25.9 Å². The molecule has 0 aromatic carbocycles. The zero-order valence-electron chi connectivity index (χ0n) is 7.85. The van der Waals surface area contributed by atoms with Crippen LogP contribution in [0.1, 0.15) is 12.8 Å². The van der Waals surface area contributed by atoms with Crippen LogP contribution < -0.4 is 29.6 Å². The molecule has 0 amide bonds. The van der Waals surface area contributed by atoms with Crippen LogP contribution in [-0.4, -0.2) is 35.7 Å². The van der Waals surface area contributed by atoms with Gasteiger partial charge in [0.25, 0.3) is 0 Å². The van der Waals surface area contributed by atoms with Gasteiger partial charge in [-0.05, 0) is 31.8 Å².